The maximum absolute atomic E-state index is 11.1. The van der Waals surface area contributed by atoms with E-state index in [1.165, 1.54) is 11.3 Å². The SMILES string of the molecule is CCOC(=O)NCc1sccc1C#CCCO. The average molecular weight is 253 g/mol. The molecule has 2 N–H and O–H groups in total. The van der Waals surface area contributed by atoms with E-state index in [9.17, 15) is 4.79 Å². The fourth-order valence-electron chi connectivity index (χ4n) is 1.14. The highest BCUT2D eigenvalue weighted by atomic mass is 32.1. The Bertz CT molecular complexity index is 417. The Kier molecular flexibility index (Phi) is 6.15. The second kappa shape index (κ2) is 7.71. The first-order valence-corrected chi connectivity index (χ1v) is 6.22. The van der Waals surface area contributed by atoms with Gasteiger partial charge in [0, 0.05) is 16.9 Å². The summed E-state index contributed by atoms with van der Waals surface area (Å²) in [5.74, 6) is 5.81. The summed E-state index contributed by atoms with van der Waals surface area (Å²) >= 11 is 1.53. The Morgan fingerprint density at radius 3 is 3.18 bits per heavy atom. The molecule has 1 aromatic heterocycles. The molecule has 0 fully saturated rings. The molecular weight excluding hydrogens is 238 g/mol. The molecule has 0 aliphatic rings. The van der Waals surface area contributed by atoms with E-state index in [0.717, 1.165) is 10.4 Å². The van der Waals surface area contributed by atoms with E-state index < -0.39 is 6.09 Å². The van der Waals surface area contributed by atoms with Crippen LogP contribution in [0.25, 0.3) is 0 Å². The van der Waals surface area contributed by atoms with Crippen molar-refractivity contribution in [2.24, 2.45) is 0 Å². The van der Waals surface area contributed by atoms with Crippen molar-refractivity contribution in [2.75, 3.05) is 13.2 Å². The Labute approximate surface area is 105 Å². The number of hydrogen-bond acceptors (Lipinski definition) is 4. The van der Waals surface area contributed by atoms with Crippen LogP contribution in [0.2, 0.25) is 0 Å². The quantitative estimate of drug-likeness (QED) is 0.803. The number of thiophene rings is 1. The van der Waals surface area contributed by atoms with Gasteiger partial charge in [-0.15, -0.1) is 11.3 Å². The molecule has 17 heavy (non-hydrogen) atoms. The zero-order chi connectivity index (χ0) is 12.5. The first-order chi connectivity index (χ1) is 8.27. The predicted molar refractivity (Wildman–Crippen MR) is 66.8 cm³/mol. The number of rotatable bonds is 4. The van der Waals surface area contributed by atoms with E-state index in [-0.39, 0.29) is 6.61 Å². The van der Waals surface area contributed by atoms with E-state index in [2.05, 4.69) is 17.2 Å². The number of hydrogen-bond donors (Lipinski definition) is 2. The molecule has 5 heteroatoms. The monoisotopic (exact) mass is 253 g/mol. The molecule has 1 amide bonds. The van der Waals surface area contributed by atoms with Crippen molar-refractivity contribution in [1.29, 1.82) is 0 Å². The molecule has 0 aliphatic carbocycles. The molecule has 0 saturated heterocycles. The van der Waals surface area contributed by atoms with Gasteiger partial charge in [-0.1, -0.05) is 11.8 Å². The van der Waals surface area contributed by atoms with Gasteiger partial charge < -0.3 is 15.2 Å². The molecule has 0 spiro atoms. The van der Waals surface area contributed by atoms with Crippen LogP contribution in [-0.4, -0.2) is 24.4 Å². The summed E-state index contributed by atoms with van der Waals surface area (Å²) in [4.78, 5) is 12.1. The molecule has 4 nitrogen and oxygen atoms in total. The third kappa shape index (κ3) is 4.89. The molecule has 1 aromatic rings. The third-order valence-corrected chi connectivity index (χ3v) is 2.79. The lowest BCUT2D eigenvalue weighted by Gasteiger charge is -2.03. The fraction of sp³-hybridized carbons (Fsp3) is 0.417. The maximum Gasteiger partial charge on any atom is 0.407 e. The Hall–Kier alpha value is -1.51. The number of amides is 1. The van der Waals surface area contributed by atoms with Crippen molar-refractivity contribution in [3.8, 4) is 11.8 Å². The van der Waals surface area contributed by atoms with Crippen LogP contribution in [0.5, 0.6) is 0 Å². The van der Waals surface area contributed by atoms with Crippen molar-refractivity contribution in [3.05, 3.63) is 21.9 Å². The molecule has 0 unspecified atom stereocenters. The van der Waals surface area contributed by atoms with E-state index in [4.69, 9.17) is 9.84 Å². The number of ether oxygens (including phenoxy) is 1. The lowest BCUT2D eigenvalue weighted by atomic mass is 10.2. The van der Waals surface area contributed by atoms with Crippen molar-refractivity contribution in [3.63, 3.8) is 0 Å². The largest absolute Gasteiger partial charge is 0.450 e. The van der Waals surface area contributed by atoms with Gasteiger partial charge in [-0.25, -0.2) is 4.79 Å². The second-order valence-corrected chi connectivity index (χ2v) is 4.11. The zero-order valence-electron chi connectivity index (χ0n) is 9.66. The Balaban J connectivity index is 2.52. The van der Waals surface area contributed by atoms with Crippen LogP contribution in [0.3, 0.4) is 0 Å². The van der Waals surface area contributed by atoms with Crippen molar-refractivity contribution >= 4 is 17.4 Å². The highest BCUT2D eigenvalue weighted by Gasteiger charge is 2.04. The van der Waals surface area contributed by atoms with Gasteiger partial charge in [0.25, 0.3) is 0 Å². The van der Waals surface area contributed by atoms with Crippen LogP contribution in [0.1, 0.15) is 23.8 Å². The normalized spacial score (nSPS) is 9.29. The highest BCUT2D eigenvalue weighted by Crippen LogP contribution is 2.15. The second-order valence-electron chi connectivity index (χ2n) is 3.11. The average Bonchev–Trinajstić information content (AvgIpc) is 2.75. The zero-order valence-corrected chi connectivity index (χ0v) is 10.5. The van der Waals surface area contributed by atoms with Gasteiger partial charge >= 0.3 is 6.09 Å². The molecule has 1 rings (SSSR count). The number of carbonyl (C=O) groups is 1. The van der Waals surface area contributed by atoms with Gasteiger partial charge in [-0.3, -0.25) is 0 Å². The van der Waals surface area contributed by atoms with Crippen molar-refractivity contribution < 1.29 is 14.6 Å². The van der Waals surface area contributed by atoms with Gasteiger partial charge in [0.15, 0.2) is 0 Å². The van der Waals surface area contributed by atoms with Crippen LogP contribution in [-0.2, 0) is 11.3 Å². The number of aliphatic hydroxyl groups is 1. The molecule has 0 saturated carbocycles. The molecule has 0 radical (unpaired) electrons. The molecule has 0 aliphatic heterocycles. The first kappa shape index (κ1) is 13.6. The first-order valence-electron chi connectivity index (χ1n) is 5.34. The minimum atomic E-state index is -0.421. The summed E-state index contributed by atoms with van der Waals surface area (Å²) in [6, 6.07) is 1.90. The minimum Gasteiger partial charge on any atom is -0.450 e. The van der Waals surface area contributed by atoms with Gasteiger partial charge in [0.1, 0.15) is 0 Å². The third-order valence-electron chi connectivity index (χ3n) is 1.87. The van der Waals surface area contributed by atoms with Gasteiger partial charge in [0.2, 0.25) is 0 Å². The Morgan fingerprint density at radius 1 is 1.65 bits per heavy atom. The van der Waals surface area contributed by atoms with Gasteiger partial charge in [-0.2, -0.15) is 0 Å². The van der Waals surface area contributed by atoms with Crippen molar-refractivity contribution in [2.45, 2.75) is 19.9 Å². The summed E-state index contributed by atoms with van der Waals surface area (Å²) in [7, 11) is 0. The lowest BCUT2D eigenvalue weighted by molar-refractivity contribution is 0.152. The van der Waals surface area contributed by atoms with Gasteiger partial charge in [-0.05, 0) is 18.4 Å². The van der Waals surface area contributed by atoms with Crippen LogP contribution in [0, 0.1) is 11.8 Å². The van der Waals surface area contributed by atoms with Crippen LogP contribution >= 0.6 is 11.3 Å². The molecule has 0 atom stereocenters. The Morgan fingerprint density at radius 2 is 2.47 bits per heavy atom. The fourth-order valence-corrected chi connectivity index (χ4v) is 1.91. The van der Waals surface area contributed by atoms with E-state index in [1.807, 2.05) is 11.4 Å². The molecule has 0 bridgehead atoms. The van der Waals surface area contributed by atoms with Crippen LogP contribution < -0.4 is 5.32 Å². The van der Waals surface area contributed by atoms with Crippen LogP contribution in [0.15, 0.2) is 11.4 Å². The molecule has 1 heterocycles. The van der Waals surface area contributed by atoms with Crippen LogP contribution in [0.4, 0.5) is 4.79 Å². The smallest absolute Gasteiger partial charge is 0.407 e. The molecule has 0 aromatic carbocycles. The number of nitrogens with one attached hydrogen (secondary N) is 1. The lowest BCUT2D eigenvalue weighted by Crippen LogP contribution is -2.23. The van der Waals surface area contributed by atoms with E-state index >= 15 is 0 Å². The minimum absolute atomic E-state index is 0.0630. The molecular formula is C12H15NO3S. The maximum atomic E-state index is 11.1. The van der Waals surface area contributed by atoms with Gasteiger partial charge in [0.05, 0.1) is 19.8 Å². The highest BCUT2D eigenvalue weighted by molar-refractivity contribution is 7.10. The summed E-state index contributed by atoms with van der Waals surface area (Å²) < 4.78 is 4.76. The number of aliphatic hydroxyl groups excluding tert-OH is 1. The molecule has 92 valence electrons. The summed E-state index contributed by atoms with van der Waals surface area (Å²) in [5, 5.41) is 13.2. The summed E-state index contributed by atoms with van der Waals surface area (Å²) in [5.41, 5.74) is 0.889. The standard InChI is InChI=1S/C12H15NO3S/c1-2-16-12(15)13-9-11-10(6-8-17-11)5-3-4-7-14/h6,8,14H,2,4,7,9H2,1H3,(H,13,15). The topological polar surface area (TPSA) is 58.6 Å². The summed E-state index contributed by atoms with van der Waals surface area (Å²) in [6.07, 6.45) is 0.0378. The number of carbonyl (C=O) groups excluding carboxylic acids is 1. The predicted octanol–water partition coefficient (Wildman–Crippen LogP) is 1.73. The van der Waals surface area contributed by atoms with Crippen molar-refractivity contribution in [1.82, 2.24) is 5.32 Å². The van der Waals surface area contributed by atoms with E-state index in [0.29, 0.717) is 19.6 Å². The summed E-state index contributed by atoms with van der Waals surface area (Å²) in [6.45, 7) is 2.60. The van der Waals surface area contributed by atoms with E-state index in [1.54, 1.807) is 6.92 Å². The number of alkyl carbamates (subject to hydrolysis) is 1.